The predicted molar refractivity (Wildman–Crippen MR) is 81.3 cm³/mol. The van der Waals surface area contributed by atoms with E-state index in [1.807, 2.05) is 20.8 Å². The van der Waals surface area contributed by atoms with E-state index in [2.05, 4.69) is 0 Å². The van der Waals surface area contributed by atoms with Gasteiger partial charge in [-0.25, -0.2) is 0 Å². The molecule has 0 heterocycles. The van der Waals surface area contributed by atoms with Gasteiger partial charge in [-0.05, 0) is 17.7 Å². The lowest BCUT2D eigenvalue weighted by molar-refractivity contribution is -0.522. The van der Waals surface area contributed by atoms with Crippen LogP contribution < -0.4 is 4.74 Å². The summed E-state index contributed by atoms with van der Waals surface area (Å²) in [6.45, 7) is 7.04. The first-order chi connectivity index (χ1) is 9.66. The first-order valence-electron chi connectivity index (χ1n) is 6.97. The standard InChI is InChI=1S/C16H23NO4/c1-11(17(19)20)14(10-15(18)16(2,3)4)12-6-8-13(21-5)9-7-12/h6-9,11,14H,10H2,1-5H3/t11-,14+/m0/s1. The van der Waals surface area contributed by atoms with Crippen LogP contribution in [0.2, 0.25) is 0 Å². The molecule has 0 unspecified atom stereocenters. The van der Waals surface area contributed by atoms with Crippen LogP contribution in [0.5, 0.6) is 5.75 Å². The van der Waals surface area contributed by atoms with Gasteiger partial charge in [-0.1, -0.05) is 32.9 Å². The van der Waals surface area contributed by atoms with Crippen molar-refractivity contribution in [1.29, 1.82) is 0 Å². The third kappa shape index (κ3) is 4.55. The zero-order valence-electron chi connectivity index (χ0n) is 13.3. The van der Waals surface area contributed by atoms with Crippen molar-refractivity contribution >= 4 is 5.78 Å². The molecule has 0 N–H and O–H groups in total. The molecule has 0 aliphatic rings. The third-order valence-electron chi connectivity index (χ3n) is 3.70. The van der Waals surface area contributed by atoms with Crippen LogP contribution in [0.15, 0.2) is 24.3 Å². The first kappa shape index (κ1) is 17.1. The van der Waals surface area contributed by atoms with E-state index < -0.39 is 17.4 Å². The summed E-state index contributed by atoms with van der Waals surface area (Å²) in [5.41, 5.74) is 0.290. The molecule has 5 nitrogen and oxygen atoms in total. The topological polar surface area (TPSA) is 69.4 Å². The van der Waals surface area contributed by atoms with Gasteiger partial charge in [0, 0.05) is 23.7 Å². The van der Waals surface area contributed by atoms with Crippen LogP contribution in [-0.2, 0) is 4.79 Å². The second-order valence-electron chi connectivity index (χ2n) is 6.28. The van der Waals surface area contributed by atoms with E-state index in [9.17, 15) is 14.9 Å². The van der Waals surface area contributed by atoms with Crippen molar-refractivity contribution in [2.24, 2.45) is 5.41 Å². The molecule has 0 radical (unpaired) electrons. The summed E-state index contributed by atoms with van der Waals surface area (Å²) in [6.07, 6.45) is 0.165. The quantitative estimate of drug-likeness (QED) is 0.595. The van der Waals surface area contributed by atoms with Gasteiger partial charge >= 0.3 is 0 Å². The summed E-state index contributed by atoms with van der Waals surface area (Å²) in [5, 5.41) is 11.1. The van der Waals surface area contributed by atoms with E-state index in [0.29, 0.717) is 5.75 Å². The number of ketones is 1. The fourth-order valence-electron chi connectivity index (χ4n) is 2.07. The highest BCUT2D eigenvalue weighted by atomic mass is 16.6. The van der Waals surface area contributed by atoms with Crippen LogP contribution >= 0.6 is 0 Å². The van der Waals surface area contributed by atoms with Gasteiger partial charge in [0.05, 0.1) is 13.0 Å². The van der Waals surface area contributed by atoms with Crippen molar-refractivity contribution in [3.05, 3.63) is 39.9 Å². The molecule has 1 aromatic rings. The Labute approximate surface area is 125 Å². The molecule has 0 bridgehead atoms. The highest BCUT2D eigenvalue weighted by Gasteiger charge is 2.33. The number of nitrogens with zero attached hydrogens (tertiary/aromatic N) is 1. The molecule has 0 amide bonds. The highest BCUT2D eigenvalue weighted by Crippen LogP contribution is 2.30. The molecule has 0 aliphatic carbocycles. The molecule has 1 rings (SSSR count). The Morgan fingerprint density at radius 3 is 2.19 bits per heavy atom. The van der Waals surface area contributed by atoms with E-state index in [1.54, 1.807) is 38.3 Å². The van der Waals surface area contributed by atoms with Gasteiger partial charge in [0.15, 0.2) is 0 Å². The van der Waals surface area contributed by atoms with Crippen LogP contribution in [0, 0.1) is 15.5 Å². The molecule has 21 heavy (non-hydrogen) atoms. The Kier molecular flexibility index (Phi) is 5.47. The number of benzene rings is 1. The zero-order chi connectivity index (χ0) is 16.2. The summed E-state index contributed by atoms with van der Waals surface area (Å²) in [5.74, 6) is 0.281. The fourth-order valence-corrected chi connectivity index (χ4v) is 2.07. The Morgan fingerprint density at radius 2 is 1.81 bits per heavy atom. The molecular formula is C16H23NO4. The lowest BCUT2D eigenvalue weighted by atomic mass is 9.80. The van der Waals surface area contributed by atoms with Gasteiger partial charge in [-0.2, -0.15) is 0 Å². The fraction of sp³-hybridized carbons (Fsp3) is 0.562. The number of methoxy groups -OCH3 is 1. The molecule has 0 fully saturated rings. The number of carbonyl (C=O) groups is 1. The number of ether oxygens (including phenoxy) is 1. The summed E-state index contributed by atoms with van der Waals surface area (Å²) in [7, 11) is 1.56. The minimum atomic E-state index is -0.815. The molecule has 0 aromatic heterocycles. The minimum Gasteiger partial charge on any atom is -0.497 e. The average molecular weight is 293 g/mol. The summed E-state index contributed by atoms with van der Waals surface area (Å²) in [6, 6.07) is 6.29. The Morgan fingerprint density at radius 1 is 1.29 bits per heavy atom. The summed E-state index contributed by atoms with van der Waals surface area (Å²) in [4.78, 5) is 23.1. The normalized spacial score (nSPS) is 14.3. The number of hydrogen-bond acceptors (Lipinski definition) is 4. The third-order valence-corrected chi connectivity index (χ3v) is 3.70. The van der Waals surface area contributed by atoms with Crippen molar-refractivity contribution < 1.29 is 14.5 Å². The van der Waals surface area contributed by atoms with Crippen molar-refractivity contribution in [1.82, 2.24) is 0 Å². The second kappa shape index (κ2) is 6.70. The molecule has 0 aliphatic heterocycles. The smallest absolute Gasteiger partial charge is 0.217 e. The molecule has 0 saturated heterocycles. The van der Waals surface area contributed by atoms with Gasteiger partial charge in [0.25, 0.3) is 0 Å². The number of Topliss-reactive ketones (excluding diaryl/α,β-unsaturated/α-hetero) is 1. The van der Waals surface area contributed by atoms with Crippen LogP contribution in [0.1, 0.15) is 45.6 Å². The second-order valence-corrected chi connectivity index (χ2v) is 6.28. The van der Waals surface area contributed by atoms with Crippen molar-refractivity contribution in [3.8, 4) is 5.75 Å². The highest BCUT2D eigenvalue weighted by molar-refractivity contribution is 5.84. The summed E-state index contributed by atoms with van der Waals surface area (Å²) < 4.78 is 5.09. The van der Waals surface area contributed by atoms with E-state index in [1.165, 1.54) is 0 Å². The molecule has 2 atom stereocenters. The molecule has 0 spiro atoms. The Hall–Kier alpha value is -1.91. The number of rotatable bonds is 6. The molecule has 0 saturated carbocycles. The largest absolute Gasteiger partial charge is 0.497 e. The van der Waals surface area contributed by atoms with Gasteiger partial charge in [0.2, 0.25) is 6.04 Å². The average Bonchev–Trinajstić information content (AvgIpc) is 2.42. The Balaban J connectivity index is 3.07. The van der Waals surface area contributed by atoms with Gasteiger partial charge < -0.3 is 4.74 Å². The molecular weight excluding hydrogens is 270 g/mol. The number of carbonyl (C=O) groups excluding carboxylic acids is 1. The Bertz CT molecular complexity index is 502. The van der Waals surface area contributed by atoms with E-state index >= 15 is 0 Å². The number of nitro groups is 1. The monoisotopic (exact) mass is 293 g/mol. The molecule has 116 valence electrons. The van der Waals surface area contributed by atoms with Crippen LogP contribution in [0.25, 0.3) is 0 Å². The first-order valence-corrected chi connectivity index (χ1v) is 6.97. The lowest BCUT2D eigenvalue weighted by Gasteiger charge is -2.23. The van der Waals surface area contributed by atoms with Gasteiger partial charge in [0.1, 0.15) is 11.5 Å². The van der Waals surface area contributed by atoms with Crippen molar-refractivity contribution in [3.63, 3.8) is 0 Å². The van der Waals surface area contributed by atoms with Gasteiger partial charge in [-0.3, -0.25) is 14.9 Å². The summed E-state index contributed by atoms with van der Waals surface area (Å²) >= 11 is 0. The van der Waals surface area contributed by atoms with Crippen molar-refractivity contribution in [2.75, 3.05) is 7.11 Å². The minimum absolute atomic E-state index is 0.0250. The lowest BCUT2D eigenvalue weighted by Crippen LogP contribution is -2.30. The number of hydrogen-bond donors (Lipinski definition) is 0. The maximum atomic E-state index is 12.3. The van der Waals surface area contributed by atoms with Crippen molar-refractivity contribution in [2.45, 2.75) is 46.1 Å². The van der Waals surface area contributed by atoms with E-state index in [4.69, 9.17) is 4.74 Å². The zero-order valence-corrected chi connectivity index (χ0v) is 13.3. The van der Waals surface area contributed by atoms with Crippen LogP contribution in [0.4, 0.5) is 0 Å². The van der Waals surface area contributed by atoms with E-state index in [-0.39, 0.29) is 17.1 Å². The SMILES string of the molecule is COc1ccc([C@H](CC(=O)C(C)(C)C)[C@H](C)[N+](=O)[O-])cc1. The predicted octanol–water partition coefficient (Wildman–Crippen LogP) is 3.45. The van der Waals surface area contributed by atoms with E-state index in [0.717, 1.165) is 5.56 Å². The van der Waals surface area contributed by atoms with Gasteiger partial charge in [-0.15, -0.1) is 0 Å². The maximum Gasteiger partial charge on any atom is 0.217 e. The molecule has 5 heteroatoms. The molecule has 1 aromatic carbocycles. The van der Waals surface area contributed by atoms with Crippen LogP contribution in [0.3, 0.4) is 0 Å². The maximum absolute atomic E-state index is 12.3. The van der Waals surface area contributed by atoms with Crippen LogP contribution in [-0.4, -0.2) is 23.9 Å².